The van der Waals surface area contributed by atoms with Gasteiger partial charge in [0.2, 0.25) is 5.91 Å². The van der Waals surface area contributed by atoms with Crippen LogP contribution in [0.2, 0.25) is 0 Å². The second-order valence-electron chi connectivity index (χ2n) is 7.98. The minimum absolute atomic E-state index is 0.0741. The van der Waals surface area contributed by atoms with E-state index in [2.05, 4.69) is 9.88 Å². The predicted molar refractivity (Wildman–Crippen MR) is 117 cm³/mol. The molecule has 162 valence electrons. The molecule has 2 saturated heterocycles. The Morgan fingerprint density at radius 2 is 1.93 bits per heavy atom. The van der Waals surface area contributed by atoms with Gasteiger partial charge in [-0.2, -0.15) is 0 Å². The number of carbonyl (C=O) groups is 1. The van der Waals surface area contributed by atoms with Gasteiger partial charge < -0.3 is 9.64 Å². The Bertz CT molecular complexity index is 980. The van der Waals surface area contributed by atoms with E-state index in [0.29, 0.717) is 32.5 Å². The maximum absolute atomic E-state index is 12.7. The summed E-state index contributed by atoms with van der Waals surface area (Å²) in [4.78, 5) is 21.3. The summed E-state index contributed by atoms with van der Waals surface area (Å²) in [6, 6.07) is 8.00. The van der Waals surface area contributed by atoms with Crippen LogP contribution in [0.4, 0.5) is 0 Å². The van der Waals surface area contributed by atoms with Crippen LogP contribution in [0.25, 0.3) is 0 Å². The van der Waals surface area contributed by atoms with E-state index in [4.69, 9.17) is 4.74 Å². The smallest absolute Gasteiger partial charge is 0.228 e. The molecule has 1 unspecified atom stereocenters. The zero-order valence-corrected chi connectivity index (χ0v) is 18.8. The first-order valence-electron chi connectivity index (χ1n) is 10.2. The summed E-state index contributed by atoms with van der Waals surface area (Å²) < 4.78 is 29.2. The molecule has 0 N–H and O–H groups in total. The number of aryl methyl sites for hydroxylation is 1. The van der Waals surface area contributed by atoms with Gasteiger partial charge in [-0.15, -0.1) is 11.3 Å². The quantitative estimate of drug-likeness (QED) is 0.670. The van der Waals surface area contributed by atoms with Crippen LogP contribution in [-0.2, 0) is 27.7 Å². The normalized spacial score (nSPS) is 21.6. The first-order valence-corrected chi connectivity index (χ1v) is 12.9. The summed E-state index contributed by atoms with van der Waals surface area (Å²) in [5, 5.41) is 2.77. The highest BCUT2D eigenvalue weighted by Crippen LogP contribution is 2.20. The van der Waals surface area contributed by atoms with E-state index in [-0.39, 0.29) is 23.5 Å². The third-order valence-electron chi connectivity index (χ3n) is 5.71. The molecule has 4 rings (SSSR count). The van der Waals surface area contributed by atoms with E-state index >= 15 is 0 Å². The molecule has 3 heterocycles. The molecule has 1 atom stereocenters. The first-order chi connectivity index (χ1) is 14.4. The van der Waals surface area contributed by atoms with E-state index < -0.39 is 9.84 Å². The number of hydrogen-bond acceptors (Lipinski definition) is 7. The van der Waals surface area contributed by atoms with Gasteiger partial charge in [-0.1, -0.05) is 17.7 Å². The number of thiazole rings is 1. The molecule has 9 heteroatoms. The van der Waals surface area contributed by atoms with Crippen molar-refractivity contribution in [1.29, 1.82) is 0 Å². The summed E-state index contributed by atoms with van der Waals surface area (Å²) in [6.07, 6.45) is 1.00. The van der Waals surface area contributed by atoms with Gasteiger partial charge in [-0.3, -0.25) is 9.69 Å². The average Bonchev–Trinajstić information content (AvgIpc) is 3.33. The van der Waals surface area contributed by atoms with Crippen molar-refractivity contribution in [2.24, 2.45) is 0 Å². The number of carbonyl (C=O) groups excluding carboxylic acids is 1. The van der Waals surface area contributed by atoms with Crippen LogP contribution in [0.5, 0.6) is 5.75 Å². The van der Waals surface area contributed by atoms with Crippen LogP contribution in [0.1, 0.15) is 22.7 Å². The molecule has 0 saturated carbocycles. The zero-order chi connectivity index (χ0) is 21.1. The molecule has 30 heavy (non-hydrogen) atoms. The Kier molecular flexibility index (Phi) is 6.40. The largest absolute Gasteiger partial charge is 0.486 e. The van der Waals surface area contributed by atoms with Gasteiger partial charge in [0.1, 0.15) is 17.4 Å². The van der Waals surface area contributed by atoms with Gasteiger partial charge in [-0.25, -0.2) is 13.4 Å². The molecule has 1 aromatic carbocycles. The van der Waals surface area contributed by atoms with Crippen molar-refractivity contribution >= 4 is 27.1 Å². The summed E-state index contributed by atoms with van der Waals surface area (Å²) in [7, 11) is -2.88. The lowest BCUT2D eigenvalue weighted by Crippen LogP contribution is -2.52. The number of piperazine rings is 1. The fourth-order valence-corrected chi connectivity index (χ4v) is 6.41. The van der Waals surface area contributed by atoms with E-state index in [0.717, 1.165) is 29.5 Å². The molecule has 1 amide bonds. The number of rotatable bonds is 6. The van der Waals surface area contributed by atoms with Crippen molar-refractivity contribution in [1.82, 2.24) is 14.8 Å². The van der Waals surface area contributed by atoms with Crippen LogP contribution in [-0.4, -0.2) is 72.8 Å². The first kappa shape index (κ1) is 21.3. The number of nitrogens with zero attached hydrogens (tertiary/aromatic N) is 3. The Morgan fingerprint density at radius 1 is 1.20 bits per heavy atom. The Hall–Kier alpha value is -1.97. The lowest BCUT2D eigenvalue weighted by molar-refractivity contribution is -0.132. The SMILES string of the molecule is Cc1ccc(OCc2nc(CC(=O)N3CCN(C4CCS(=O)(=O)C4)CC3)cs2)cc1. The monoisotopic (exact) mass is 449 g/mol. The molecule has 2 aliphatic rings. The minimum Gasteiger partial charge on any atom is -0.486 e. The number of benzene rings is 1. The molecule has 0 spiro atoms. The fourth-order valence-electron chi connectivity index (χ4n) is 3.94. The van der Waals surface area contributed by atoms with Gasteiger partial charge >= 0.3 is 0 Å². The summed E-state index contributed by atoms with van der Waals surface area (Å²) in [6.45, 7) is 5.18. The van der Waals surface area contributed by atoms with E-state index in [1.54, 1.807) is 0 Å². The second kappa shape index (κ2) is 9.03. The van der Waals surface area contributed by atoms with E-state index in [1.165, 1.54) is 16.9 Å². The molecule has 0 bridgehead atoms. The number of amides is 1. The van der Waals surface area contributed by atoms with Gasteiger partial charge in [0, 0.05) is 37.6 Å². The Labute approximate surface area is 181 Å². The van der Waals surface area contributed by atoms with Crippen LogP contribution in [0.3, 0.4) is 0 Å². The van der Waals surface area contributed by atoms with E-state index in [1.807, 2.05) is 41.5 Å². The van der Waals surface area contributed by atoms with Crippen molar-refractivity contribution in [3.05, 3.63) is 45.9 Å². The van der Waals surface area contributed by atoms with Crippen LogP contribution >= 0.6 is 11.3 Å². The molecular formula is C21H27N3O4S2. The Morgan fingerprint density at radius 3 is 2.60 bits per heavy atom. The van der Waals surface area contributed by atoms with Gasteiger partial charge in [0.25, 0.3) is 0 Å². The van der Waals surface area contributed by atoms with Crippen molar-refractivity contribution in [2.45, 2.75) is 32.4 Å². The average molecular weight is 450 g/mol. The fraction of sp³-hybridized carbons (Fsp3) is 0.524. The van der Waals surface area contributed by atoms with Crippen LogP contribution < -0.4 is 4.74 Å². The van der Waals surface area contributed by atoms with Crippen LogP contribution in [0, 0.1) is 6.92 Å². The molecule has 0 radical (unpaired) electrons. The van der Waals surface area contributed by atoms with Crippen molar-refractivity contribution < 1.29 is 17.9 Å². The molecular weight excluding hydrogens is 422 g/mol. The molecule has 2 aromatic rings. The van der Waals surface area contributed by atoms with Gasteiger partial charge in [0.05, 0.1) is 23.6 Å². The summed E-state index contributed by atoms with van der Waals surface area (Å²) in [5.41, 5.74) is 1.96. The molecule has 0 aliphatic carbocycles. The Balaban J connectivity index is 1.23. The number of hydrogen-bond donors (Lipinski definition) is 0. The molecule has 1 aromatic heterocycles. The maximum atomic E-state index is 12.7. The van der Waals surface area contributed by atoms with Gasteiger partial charge in [-0.05, 0) is 25.5 Å². The standard InChI is InChI=1S/C21H27N3O4S2/c1-16-2-4-19(5-3-16)28-13-20-22-17(14-29-20)12-21(25)24-9-7-23(8-10-24)18-6-11-30(26,27)15-18/h2-5,14,18H,6-13,15H2,1H3. The molecule has 7 nitrogen and oxygen atoms in total. The van der Waals surface area contributed by atoms with Crippen LogP contribution in [0.15, 0.2) is 29.6 Å². The molecule has 2 aliphatic heterocycles. The maximum Gasteiger partial charge on any atom is 0.228 e. The lowest BCUT2D eigenvalue weighted by Gasteiger charge is -2.37. The third-order valence-corrected chi connectivity index (χ3v) is 8.33. The summed E-state index contributed by atoms with van der Waals surface area (Å²) in [5.74, 6) is 1.43. The molecule has 2 fully saturated rings. The third kappa shape index (κ3) is 5.39. The topological polar surface area (TPSA) is 79.8 Å². The number of sulfone groups is 1. The van der Waals surface area contributed by atoms with Crippen molar-refractivity contribution in [3.63, 3.8) is 0 Å². The second-order valence-corrected chi connectivity index (χ2v) is 11.2. The highest BCUT2D eigenvalue weighted by atomic mass is 32.2. The highest BCUT2D eigenvalue weighted by molar-refractivity contribution is 7.91. The minimum atomic E-state index is -2.88. The zero-order valence-electron chi connectivity index (χ0n) is 17.1. The highest BCUT2D eigenvalue weighted by Gasteiger charge is 2.34. The predicted octanol–water partition coefficient (Wildman–Crippen LogP) is 1.90. The summed E-state index contributed by atoms with van der Waals surface area (Å²) >= 11 is 1.51. The number of ether oxygens (including phenoxy) is 1. The number of aromatic nitrogens is 1. The van der Waals surface area contributed by atoms with Crippen molar-refractivity contribution in [2.75, 3.05) is 37.7 Å². The van der Waals surface area contributed by atoms with Gasteiger partial charge in [0.15, 0.2) is 9.84 Å². The van der Waals surface area contributed by atoms with Crippen molar-refractivity contribution in [3.8, 4) is 5.75 Å². The van der Waals surface area contributed by atoms with E-state index in [9.17, 15) is 13.2 Å². The lowest BCUT2D eigenvalue weighted by atomic mass is 10.2.